The van der Waals surface area contributed by atoms with Gasteiger partial charge in [-0.1, -0.05) is 49.8 Å². The summed E-state index contributed by atoms with van der Waals surface area (Å²) < 4.78 is 10.4. The van der Waals surface area contributed by atoms with E-state index in [2.05, 4.69) is 6.92 Å². The van der Waals surface area contributed by atoms with Crippen molar-refractivity contribution in [2.75, 3.05) is 6.61 Å². The van der Waals surface area contributed by atoms with Crippen molar-refractivity contribution in [2.24, 2.45) is 0 Å². The molecule has 4 heteroatoms. The zero-order valence-corrected chi connectivity index (χ0v) is 13.7. The number of carbonyl (C=O) groups excluding carboxylic acids is 2. The summed E-state index contributed by atoms with van der Waals surface area (Å²) >= 11 is 0. The Kier molecular flexibility index (Phi) is 12.5. The molecular weight excluding hydrogens is 280 g/mol. The summed E-state index contributed by atoms with van der Waals surface area (Å²) in [7, 11) is 0. The molecule has 0 radical (unpaired) electrons. The van der Waals surface area contributed by atoms with Gasteiger partial charge in [0.15, 0.2) is 0 Å². The molecule has 0 aromatic rings. The summed E-state index contributed by atoms with van der Waals surface area (Å²) in [5.74, 6) is -0.875. The highest BCUT2D eigenvalue weighted by atomic mass is 16.6. The molecule has 0 N–H and O–H groups in total. The third-order valence-corrected chi connectivity index (χ3v) is 2.65. The van der Waals surface area contributed by atoms with Crippen LogP contribution in [0.1, 0.15) is 40.0 Å². The quantitative estimate of drug-likeness (QED) is 0.349. The zero-order chi connectivity index (χ0) is 16.6. The molecule has 0 saturated heterocycles. The van der Waals surface area contributed by atoms with Crippen molar-refractivity contribution >= 4 is 11.9 Å². The Morgan fingerprint density at radius 2 is 1.55 bits per heavy atom. The minimum Gasteiger partial charge on any atom is -0.459 e. The summed E-state index contributed by atoms with van der Waals surface area (Å²) in [6.07, 6.45) is 15.2. The van der Waals surface area contributed by atoms with E-state index in [0.29, 0.717) is 6.42 Å². The molecular formula is C18H26O4. The average Bonchev–Trinajstić information content (AvgIpc) is 2.50. The number of ether oxygens (including phenoxy) is 2. The van der Waals surface area contributed by atoms with E-state index < -0.39 is 18.0 Å². The van der Waals surface area contributed by atoms with E-state index in [9.17, 15) is 9.59 Å². The van der Waals surface area contributed by atoms with Gasteiger partial charge in [-0.25, -0.2) is 9.59 Å². The molecule has 0 bridgehead atoms. The van der Waals surface area contributed by atoms with Crippen molar-refractivity contribution in [3.63, 3.8) is 0 Å². The van der Waals surface area contributed by atoms with Crippen molar-refractivity contribution in [3.8, 4) is 0 Å². The van der Waals surface area contributed by atoms with Crippen LogP contribution in [0.25, 0.3) is 0 Å². The highest BCUT2D eigenvalue weighted by molar-refractivity contribution is 5.83. The number of carbonyl (C=O) groups is 2. The van der Waals surface area contributed by atoms with E-state index >= 15 is 0 Å². The van der Waals surface area contributed by atoms with E-state index in [1.54, 1.807) is 24.3 Å². The molecule has 122 valence electrons. The Hall–Kier alpha value is -2.10. The summed E-state index contributed by atoms with van der Waals surface area (Å²) in [5.41, 5.74) is 0. The van der Waals surface area contributed by atoms with Gasteiger partial charge in [-0.3, -0.25) is 0 Å². The Labute approximate surface area is 133 Å². The fraction of sp³-hybridized carbons (Fsp3) is 0.444. The summed E-state index contributed by atoms with van der Waals surface area (Å²) in [6, 6.07) is 0. The van der Waals surface area contributed by atoms with Crippen LogP contribution < -0.4 is 0 Å². The van der Waals surface area contributed by atoms with Crippen LogP contribution in [0.3, 0.4) is 0 Å². The maximum atomic E-state index is 11.6. The van der Waals surface area contributed by atoms with Gasteiger partial charge in [0.25, 0.3) is 0 Å². The molecule has 0 spiro atoms. The standard InChI is InChI=1S/C18H26O4/c1-4-7-10-13-17(19)21-15-16(12-9-6-3)22-18(20)14-11-8-5-2/h4-5,7-8,10-11,13-14,16H,6,9,12,15H2,1-3H3. The fourth-order valence-corrected chi connectivity index (χ4v) is 1.53. The van der Waals surface area contributed by atoms with Crippen molar-refractivity contribution in [1.29, 1.82) is 0 Å². The Balaban J connectivity index is 4.38. The first kappa shape index (κ1) is 19.9. The highest BCUT2D eigenvalue weighted by Gasteiger charge is 2.14. The second-order valence-corrected chi connectivity index (χ2v) is 4.60. The molecule has 0 aliphatic rings. The zero-order valence-electron chi connectivity index (χ0n) is 13.7. The predicted molar refractivity (Wildman–Crippen MR) is 88.3 cm³/mol. The molecule has 0 fully saturated rings. The maximum Gasteiger partial charge on any atom is 0.331 e. The molecule has 1 unspecified atom stereocenters. The summed E-state index contributed by atoms with van der Waals surface area (Å²) in [6.45, 7) is 5.84. The lowest BCUT2D eigenvalue weighted by atomic mass is 10.2. The Morgan fingerprint density at radius 1 is 0.955 bits per heavy atom. The van der Waals surface area contributed by atoms with Gasteiger partial charge < -0.3 is 9.47 Å². The minimum absolute atomic E-state index is 0.0716. The van der Waals surface area contributed by atoms with Crippen LogP contribution in [-0.4, -0.2) is 24.6 Å². The SMILES string of the molecule is CC=CC=CC(=O)OCC(CCCC)OC(=O)C=CC=CC. The normalized spacial score (nSPS) is 13.4. The lowest BCUT2D eigenvalue weighted by Crippen LogP contribution is -2.24. The molecule has 0 rings (SSSR count). The maximum absolute atomic E-state index is 11.6. The first-order valence-corrected chi connectivity index (χ1v) is 7.60. The van der Waals surface area contributed by atoms with Gasteiger partial charge in [-0.05, 0) is 26.7 Å². The number of rotatable bonds is 10. The highest BCUT2D eigenvalue weighted by Crippen LogP contribution is 2.07. The van der Waals surface area contributed by atoms with E-state index in [0.717, 1.165) is 12.8 Å². The van der Waals surface area contributed by atoms with Gasteiger partial charge in [-0.2, -0.15) is 0 Å². The largest absolute Gasteiger partial charge is 0.459 e. The van der Waals surface area contributed by atoms with Gasteiger partial charge in [0.2, 0.25) is 0 Å². The van der Waals surface area contributed by atoms with E-state index in [4.69, 9.17) is 9.47 Å². The van der Waals surface area contributed by atoms with Crippen molar-refractivity contribution in [2.45, 2.75) is 46.1 Å². The predicted octanol–water partition coefficient (Wildman–Crippen LogP) is 3.90. The first-order valence-electron chi connectivity index (χ1n) is 7.60. The van der Waals surface area contributed by atoms with Gasteiger partial charge in [0, 0.05) is 12.2 Å². The summed E-state index contributed by atoms with van der Waals surface area (Å²) in [4.78, 5) is 23.1. The minimum atomic E-state index is -0.444. The van der Waals surface area contributed by atoms with Crippen LogP contribution in [0.2, 0.25) is 0 Å². The van der Waals surface area contributed by atoms with Crippen LogP contribution in [0.4, 0.5) is 0 Å². The number of unbranched alkanes of at least 4 members (excludes halogenated alkanes) is 1. The average molecular weight is 306 g/mol. The molecule has 0 aromatic heterocycles. The van der Waals surface area contributed by atoms with Crippen LogP contribution in [0, 0.1) is 0 Å². The first-order chi connectivity index (χ1) is 10.6. The molecule has 1 atom stereocenters. The van der Waals surface area contributed by atoms with Crippen LogP contribution in [-0.2, 0) is 19.1 Å². The molecule has 0 aromatic carbocycles. The molecule has 0 saturated carbocycles. The van der Waals surface area contributed by atoms with Crippen molar-refractivity contribution < 1.29 is 19.1 Å². The van der Waals surface area contributed by atoms with Gasteiger partial charge >= 0.3 is 11.9 Å². The van der Waals surface area contributed by atoms with E-state index in [1.807, 2.05) is 26.0 Å². The van der Waals surface area contributed by atoms with Gasteiger partial charge in [-0.15, -0.1) is 0 Å². The van der Waals surface area contributed by atoms with Gasteiger partial charge in [0.05, 0.1) is 0 Å². The third kappa shape index (κ3) is 11.7. The second kappa shape index (κ2) is 13.9. The fourth-order valence-electron chi connectivity index (χ4n) is 1.53. The molecule has 0 aliphatic heterocycles. The molecule has 4 nitrogen and oxygen atoms in total. The van der Waals surface area contributed by atoms with Crippen molar-refractivity contribution in [3.05, 3.63) is 48.6 Å². The molecule has 0 aliphatic carbocycles. The molecule has 0 amide bonds. The number of allylic oxidation sites excluding steroid dienone is 6. The monoisotopic (exact) mass is 306 g/mol. The van der Waals surface area contributed by atoms with E-state index in [1.165, 1.54) is 12.2 Å². The summed E-state index contributed by atoms with van der Waals surface area (Å²) in [5, 5.41) is 0. The van der Waals surface area contributed by atoms with Crippen LogP contribution in [0.5, 0.6) is 0 Å². The Morgan fingerprint density at radius 3 is 2.09 bits per heavy atom. The Bertz CT molecular complexity index is 430. The van der Waals surface area contributed by atoms with Crippen molar-refractivity contribution in [1.82, 2.24) is 0 Å². The lowest BCUT2D eigenvalue weighted by molar-refractivity contribution is -0.153. The van der Waals surface area contributed by atoms with Crippen LogP contribution in [0.15, 0.2) is 48.6 Å². The number of hydrogen-bond donors (Lipinski definition) is 0. The van der Waals surface area contributed by atoms with Gasteiger partial charge in [0.1, 0.15) is 12.7 Å². The molecule has 0 heterocycles. The topological polar surface area (TPSA) is 52.6 Å². The second-order valence-electron chi connectivity index (χ2n) is 4.60. The molecule has 22 heavy (non-hydrogen) atoms. The van der Waals surface area contributed by atoms with E-state index in [-0.39, 0.29) is 6.61 Å². The van der Waals surface area contributed by atoms with Crippen LogP contribution >= 0.6 is 0 Å². The lowest BCUT2D eigenvalue weighted by Gasteiger charge is -2.16. The number of hydrogen-bond acceptors (Lipinski definition) is 4. The number of esters is 2. The third-order valence-electron chi connectivity index (χ3n) is 2.65. The smallest absolute Gasteiger partial charge is 0.331 e.